The van der Waals surface area contributed by atoms with Crippen molar-refractivity contribution >= 4 is 35.3 Å². The van der Waals surface area contributed by atoms with Crippen LogP contribution in [0.1, 0.15) is 78.8 Å². The number of halogens is 6. The van der Waals surface area contributed by atoms with E-state index >= 15 is 0 Å². The van der Waals surface area contributed by atoms with Crippen LogP contribution in [0.2, 0.25) is 0 Å². The van der Waals surface area contributed by atoms with Crippen LogP contribution in [0.4, 0.5) is 47.3 Å². The quantitative estimate of drug-likeness (QED) is 0.0143. The molecule has 6 aromatic rings. The van der Waals surface area contributed by atoms with Crippen molar-refractivity contribution in [2.45, 2.75) is 133 Å². The molecule has 96 heavy (non-hydrogen) atoms. The summed E-state index contributed by atoms with van der Waals surface area (Å²) in [6.07, 6.45) is -16.2. The van der Waals surface area contributed by atoms with E-state index in [2.05, 4.69) is 31.9 Å². The lowest BCUT2D eigenvalue weighted by Gasteiger charge is -2.47. The monoisotopic (exact) mass is 1350 g/mol. The van der Waals surface area contributed by atoms with E-state index < -0.39 is 103 Å². The van der Waals surface area contributed by atoms with Crippen LogP contribution >= 0.6 is 0 Å². The molecule has 0 bridgehead atoms. The summed E-state index contributed by atoms with van der Waals surface area (Å²) in [5.74, 6) is 1.30. The second-order valence-electron chi connectivity index (χ2n) is 22.4. The summed E-state index contributed by atoms with van der Waals surface area (Å²) < 4.78 is 146. The minimum Gasteiger partial charge on any atom is -0.497 e. The van der Waals surface area contributed by atoms with Gasteiger partial charge in [-0.15, -0.1) is 0 Å². The van der Waals surface area contributed by atoms with Gasteiger partial charge in [0.15, 0.2) is 6.29 Å². The Labute approximate surface area is 553 Å². The maximum atomic E-state index is 14.7. The lowest BCUT2D eigenvalue weighted by molar-refractivity contribution is -0.301. The second kappa shape index (κ2) is 37.6. The number of amides is 6. The van der Waals surface area contributed by atoms with Crippen molar-refractivity contribution < 1.29 is 98.0 Å². The van der Waals surface area contributed by atoms with Crippen LogP contribution in [0, 0.1) is 0 Å². The number of carbonyl (C=O) groups is 4. The van der Waals surface area contributed by atoms with Crippen molar-refractivity contribution in [2.75, 3.05) is 65.4 Å². The third-order valence-corrected chi connectivity index (χ3v) is 15.3. The van der Waals surface area contributed by atoms with E-state index in [9.17, 15) is 50.6 Å². The van der Waals surface area contributed by atoms with Gasteiger partial charge in [-0.1, -0.05) is 80.4 Å². The van der Waals surface area contributed by atoms with Crippen molar-refractivity contribution in [1.82, 2.24) is 21.3 Å². The predicted octanol–water partition coefficient (Wildman–Crippen LogP) is 11.1. The van der Waals surface area contributed by atoms with Gasteiger partial charge < -0.3 is 84.4 Å². The number of alkyl halides is 6. The maximum absolute atomic E-state index is 14.7. The fourth-order valence-corrected chi connectivity index (χ4v) is 10.1. The third kappa shape index (κ3) is 24.2. The number of ether oxygens (including phenoxy) is 10. The van der Waals surface area contributed by atoms with Gasteiger partial charge in [0.25, 0.3) is 0 Å². The Morgan fingerprint density at radius 1 is 0.552 bits per heavy atom. The third-order valence-electron chi connectivity index (χ3n) is 15.3. The molecule has 27 heteroatoms. The Morgan fingerprint density at radius 3 is 1.51 bits per heavy atom. The number of anilines is 2. The van der Waals surface area contributed by atoms with Gasteiger partial charge >= 0.3 is 24.4 Å². The summed E-state index contributed by atoms with van der Waals surface area (Å²) in [5, 5.41) is 28.3. The Bertz CT molecular complexity index is 3350. The molecule has 7 rings (SSSR count). The number of rotatable bonds is 36. The Hall–Kier alpha value is -8.70. The number of methoxy groups -OCH3 is 4. The number of hydrogen-bond donors (Lipinski definition) is 7. The Morgan fingerprint density at radius 2 is 1.02 bits per heavy atom. The summed E-state index contributed by atoms with van der Waals surface area (Å²) in [6, 6.07) is 29.9. The molecule has 1 heterocycles. The zero-order chi connectivity index (χ0) is 69.0. The van der Waals surface area contributed by atoms with E-state index in [0.717, 1.165) is 43.2 Å². The van der Waals surface area contributed by atoms with Crippen molar-refractivity contribution in [1.29, 1.82) is 0 Å². The number of urea groups is 2. The van der Waals surface area contributed by atoms with Crippen LogP contribution in [0.15, 0.2) is 146 Å². The van der Waals surface area contributed by atoms with E-state index in [1.807, 2.05) is 6.92 Å². The number of aliphatic hydroxyl groups is 1. The molecular weight excluding hydrogens is 1270 g/mol. The molecule has 1 fully saturated rings. The first-order chi connectivity index (χ1) is 46.1. The molecule has 1 aliphatic rings. The molecular formula is C69H82F6N6O15. The van der Waals surface area contributed by atoms with E-state index in [-0.39, 0.29) is 76.1 Å². The molecule has 7 N–H and O–H groups in total. The summed E-state index contributed by atoms with van der Waals surface area (Å²) >= 11 is 0. The number of carbonyl (C=O) groups excluding carboxylic acids is 4. The van der Waals surface area contributed by atoms with Crippen LogP contribution in [-0.4, -0.2) is 133 Å². The highest BCUT2D eigenvalue weighted by molar-refractivity contribution is 5.90. The maximum Gasteiger partial charge on any atom is 0.416 e. The van der Waals surface area contributed by atoms with Crippen LogP contribution < -0.4 is 50.8 Å². The molecule has 0 spiro atoms. The Kier molecular flexibility index (Phi) is 29.2. The smallest absolute Gasteiger partial charge is 0.416 e. The van der Waals surface area contributed by atoms with Gasteiger partial charge in [-0.3, -0.25) is 9.59 Å². The number of nitrogens with one attached hydrogen (secondary N) is 6. The van der Waals surface area contributed by atoms with E-state index in [1.165, 1.54) is 40.6 Å². The molecule has 6 amide bonds. The largest absolute Gasteiger partial charge is 0.497 e. The zero-order valence-corrected chi connectivity index (χ0v) is 53.8. The average molecular weight is 1350 g/mol. The van der Waals surface area contributed by atoms with Gasteiger partial charge in [0.05, 0.1) is 85.2 Å². The molecule has 520 valence electrons. The number of unbranched alkanes of at least 4 members (excludes halogenated alkanes) is 2. The SMILES string of the molecule is CCCCCC(=O)NCCCC(=O)N[C@@H](C(O)COCc1ccc(OC)cc1)[C@@H](CNC(=O)Nc1cccc(C(F)(F)F)c1)O[C@@H]1OC(COCc2ccc(OC)cc2)[C@H](OCc2ccc(OC)cc2)[C@H](OCc2ccc(OC)cc2)C1NC(=O)Nc1cccc(C(F)(F)F)c1. The summed E-state index contributed by atoms with van der Waals surface area (Å²) in [5.41, 5.74) is -0.118. The topological polar surface area (TPSA) is 253 Å². The fourth-order valence-electron chi connectivity index (χ4n) is 10.1. The molecule has 6 aromatic carbocycles. The van der Waals surface area contributed by atoms with Crippen molar-refractivity contribution in [2.24, 2.45) is 0 Å². The Balaban J connectivity index is 1.34. The molecule has 0 radical (unpaired) electrons. The minimum atomic E-state index is -4.81. The predicted molar refractivity (Wildman–Crippen MR) is 342 cm³/mol. The van der Waals surface area contributed by atoms with Gasteiger partial charge in [0.1, 0.15) is 59.6 Å². The molecule has 0 aliphatic carbocycles. The molecule has 1 aliphatic heterocycles. The van der Waals surface area contributed by atoms with Crippen LogP contribution in [-0.2, 0) is 76.8 Å². The minimum absolute atomic E-state index is 0.00802. The van der Waals surface area contributed by atoms with Crippen LogP contribution in [0.5, 0.6) is 23.0 Å². The number of aliphatic hydroxyl groups excluding tert-OH is 1. The van der Waals surface area contributed by atoms with E-state index in [1.54, 1.807) is 97.1 Å². The van der Waals surface area contributed by atoms with Gasteiger partial charge in [0.2, 0.25) is 11.8 Å². The highest BCUT2D eigenvalue weighted by atomic mass is 19.4. The average Bonchev–Trinajstić information content (AvgIpc) is 0.794. The zero-order valence-electron chi connectivity index (χ0n) is 53.8. The van der Waals surface area contributed by atoms with Gasteiger partial charge in [-0.2, -0.15) is 26.3 Å². The summed E-state index contributed by atoms with van der Waals surface area (Å²) in [4.78, 5) is 55.7. The van der Waals surface area contributed by atoms with Crippen molar-refractivity contribution in [3.63, 3.8) is 0 Å². The highest BCUT2D eigenvalue weighted by Gasteiger charge is 2.51. The number of hydrogen-bond acceptors (Lipinski definition) is 15. The van der Waals surface area contributed by atoms with Crippen LogP contribution in [0.3, 0.4) is 0 Å². The normalized spacial score (nSPS) is 17.2. The van der Waals surface area contributed by atoms with E-state index in [4.69, 9.17) is 47.4 Å². The van der Waals surface area contributed by atoms with E-state index in [0.29, 0.717) is 57.7 Å². The van der Waals surface area contributed by atoms with Gasteiger partial charge in [0, 0.05) is 37.3 Å². The first-order valence-corrected chi connectivity index (χ1v) is 31.1. The van der Waals surface area contributed by atoms with Gasteiger partial charge in [-0.05, 0) is 120 Å². The lowest BCUT2D eigenvalue weighted by Crippen LogP contribution is -2.68. The number of benzene rings is 6. The fraction of sp³-hybridized carbons (Fsp3) is 0.420. The molecule has 8 atom stereocenters. The lowest BCUT2D eigenvalue weighted by atomic mass is 9.95. The standard InChI is InChI=1S/C69H82F6N6O15/c1-6-7-8-16-59(83)76-34-11-17-60(84)80-61(56(82)42-91-38-44-18-26-52(87-2)27-19-44)57(37-77-66(85)78-50-14-9-12-48(35-50)68(70,71)72)95-65-62(81-67(86)79-51-15-10-13-49(36-51)69(73,74)75)64(94-41-47-24-32-55(90-5)33-25-47)63(93-40-46-22-30-54(89-4)31-23-46)58(96-65)43-92-39-45-20-28-53(88-3)29-21-45/h9-10,12-15,18-33,35-36,56-58,61-65,82H,6-8,11,16-17,34,37-43H2,1-5H3,(H,76,83)(H,80,84)(H2,77,78,85)(H2,79,81,86)/t56?,57-,58?,61+,62?,63+,64-,65-/m1/s1. The second-order valence-corrected chi connectivity index (χ2v) is 22.4. The van der Waals surface area contributed by atoms with Crippen LogP contribution in [0.25, 0.3) is 0 Å². The molecule has 3 unspecified atom stereocenters. The molecule has 0 saturated carbocycles. The first-order valence-electron chi connectivity index (χ1n) is 31.1. The van der Waals surface area contributed by atoms with Crippen molar-refractivity contribution in [3.05, 3.63) is 179 Å². The molecule has 21 nitrogen and oxygen atoms in total. The summed E-state index contributed by atoms with van der Waals surface area (Å²) in [7, 11) is 6.01. The highest BCUT2D eigenvalue weighted by Crippen LogP contribution is 2.34. The van der Waals surface area contributed by atoms with Gasteiger partial charge in [-0.25, -0.2) is 9.59 Å². The summed E-state index contributed by atoms with van der Waals surface area (Å²) in [6.45, 7) is 0.156. The molecule has 0 aromatic heterocycles. The molecule has 1 saturated heterocycles. The first kappa shape index (κ1) is 74.7. The van der Waals surface area contributed by atoms with Crippen molar-refractivity contribution in [3.8, 4) is 23.0 Å².